The molecule has 4 aliphatic rings. The molecule has 0 spiro atoms. The molecule has 8 nitrogen and oxygen atoms in total. The Morgan fingerprint density at radius 2 is 1.94 bits per heavy atom. The Morgan fingerprint density at radius 1 is 1.23 bits per heavy atom. The normalized spacial score (nSPS) is 35.9. The van der Waals surface area contributed by atoms with Crippen molar-refractivity contribution in [2.45, 2.75) is 63.8 Å². The number of hydrogen-bond donors (Lipinski definition) is 1. The standard InChI is InChI=1S/C27H30O8/c1-14-21-24(34-19(28)13-16-8-10-17(32-4)11-9-16)27(31)12-6-5-7-18(27)26(14,3)23(29)20-22(35-21)15(2)33-25(20)30/h8-11,14,18,21,24,31H,2,5-7,12-13H2,1,3-4H3/t14-,18+,21+,24-,26-,27+/m1/s1. The summed E-state index contributed by atoms with van der Waals surface area (Å²) in [5.41, 5.74) is -1.99. The lowest BCUT2D eigenvalue weighted by Gasteiger charge is -2.59. The molecule has 2 fully saturated rings. The summed E-state index contributed by atoms with van der Waals surface area (Å²) in [6.45, 7) is 7.38. The highest BCUT2D eigenvalue weighted by Crippen LogP contribution is 2.60. The predicted molar refractivity (Wildman–Crippen MR) is 123 cm³/mol. The number of ketones is 1. The second-order valence-corrected chi connectivity index (χ2v) is 10.2. The van der Waals surface area contributed by atoms with Gasteiger partial charge in [0.25, 0.3) is 0 Å². The van der Waals surface area contributed by atoms with Crippen LogP contribution in [0.5, 0.6) is 5.75 Å². The molecule has 186 valence electrons. The number of fused-ring (bicyclic) bond motifs is 4. The highest BCUT2D eigenvalue weighted by molar-refractivity contribution is 6.22. The van der Waals surface area contributed by atoms with Crippen LogP contribution < -0.4 is 4.74 Å². The van der Waals surface area contributed by atoms with Crippen molar-refractivity contribution >= 4 is 17.7 Å². The molecule has 2 heterocycles. The molecule has 2 aliphatic heterocycles. The van der Waals surface area contributed by atoms with E-state index in [0.717, 1.165) is 18.4 Å². The zero-order chi connectivity index (χ0) is 25.1. The lowest BCUT2D eigenvalue weighted by Crippen LogP contribution is -2.70. The average molecular weight is 483 g/mol. The van der Waals surface area contributed by atoms with Gasteiger partial charge in [-0.25, -0.2) is 4.79 Å². The second kappa shape index (κ2) is 8.22. The van der Waals surface area contributed by atoms with Gasteiger partial charge in [-0.2, -0.15) is 0 Å². The Bertz CT molecular complexity index is 1130. The van der Waals surface area contributed by atoms with E-state index in [1.807, 2.05) is 6.92 Å². The van der Waals surface area contributed by atoms with Crippen molar-refractivity contribution < 1.29 is 38.4 Å². The van der Waals surface area contributed by atoms with E-state index >= 15 is 0 Å². The summed E-state index contributed by atoms with van der Waals surface area (Å²) in [4.78, 5) is 39.5. The van der Waals surface area contributed by atoms with E-state index in [2.05, 4.69) is 6.58 Å². The average Bonchev–Trinajstić information content (AvgIpc) is 3.08. The van der Waals surface area contributed by atoms with Gasteiger partial charge >= 0.3 is 11.9 Å². The van der Waals surface area contributed by atoms with Gasteiger partial charge < -0.3 is 24.1 Å². The van der Waals surface area contributed by atoms with Crippen LogP contribution in [0.3, 0.4) is 0 Å². The zero-order valence-corrected chi connectivity index (χ0v) is 20.2. The molecule has 2 saturated carbocycles. The first-order valence-electron chi connectivity index (χ1n) is 12.0. The summed E-state index contributed by atoms with van der Waals surface area (Å²) in [5, 5.41) is 12.1. The lowest BCUT2D eigenvalue weighted by molar-refractivity contribution is -0.256. The van der Waals surface area contributed by atoms with Crippen LogP contribution in [-0.4, -0.2) is 47.7 Å². The predicted octanol–water partition coefficient (Wildman–Crippen LogP) is 3.02. The molecule has 2 bridgehead atoms. The molecule has 35 heavy (non-hydrogen) atoms. The van der Waals surface area contributed by atoms with E-state index in [-0.39, 0.29) is 23.5 Å². The Hall–Kier alpha value is -3.13. The van der Waals surface area contributed by atoms with E-state index in [1.165, 1.54) is 0 Å². The monoisotopic (exact) mass is 482 g/mol. The van der Waals surface area contributed by atoms with Crippen LogP contribution in [0.15, 0.2) is 47.9 Å². The molecule has 5 rings (SSSR count). The van der Waals surface area contributed by atoms with Gasteiger partial charge in [0.1, 0.15) is 23.0 Å². The number of aliphatic hydroxyl groups is 1. The summed E-state index contributed by atoms with van der Waals surface area (Å²) < 4.78 is 22.5. The van der Waals surface area contributed by atoms with Crippen LogP contribution in [0.1, 0.15) is 45.1 Å². The highest BCUT2D eigenvalue weighted by Gasteiger charge is 2.70. The first kappa shape index (κ1) is 23.6. The fourth-order valence-electron chi connectivity index (χ4n) is 6.50. The molecule has 1 N–H and O–H groups in total. The number of Topliss-reactive ketones (excluding diaryl/α,β-unsaturated/α-hetero) is 1. The van der Waals surface area contributed by atoms with Crippen LogP contribution in [0, 0.1) is 17.3 Å². The maximum atomic E-state index is 13.8. The molecule has 1 aromatic rings. The number of esters is 2. The topological polar surface area (TPSA) is 108 Å². The van der Waals surface area contributed by atoms with Crippen LogP contribution in [0.2, 0.25) is 0 Å². The van der Waals surface area contributed by atoms with E-state index in [9.17, 15) is 19.5 Å². The molecule has 0 aromatic heterocycles. The second-order valence-electron chi connectivity index (χ2n) is 10.2. The van der Waals surface area contributed by atoms with E-state index in [1.54, 1.807) is 38.3 Å². The summed E-state index contributed by atoms with van der Waals surface area (Å²) in [5.74, 6) is -2.04. The molecule has 0 saturated heterocycles. The third-order valence-corrected chi connectivity index (χ3v) is 8.51. The van der Waals surface area contributed by atoms with Gasteiger partial charge in [0.2, 0.25) is 0 Å². The van der Waals surface area contributed by atoms with Crippen LogP contribution in [-0.2, 0) is 35.0 Å². The number of carbonyl (C=O) groups excluding carboxylic acids is 3. The number of methoxy groups -OCH3 is 1. The Kier molecular flexibility index (Phi) is 5.55. The molecule has 2 aliphatic carbocycles. The van der Waals surface area contributed by atoms with Gasteiger partial charge in [0.05, 0.1) is 13.5 Å². The third kappa shape index (κ3) is 3.41. The van der Waals surface area contributed by atoms with E-state index < -0.39 is 52.8 Å². The molecule has 0 unspecified atom stereocenters. The number of hydrogen-bond acceptors (Lipinski definition) is 8. The fraction of sp³-hybridized carbons (Fsp3) is 0.519. The van der Waals surface area contributed by atoms with E-state index in [4.69, 9.17) is 18.9 Å². The molecule has 0 radical (unpaired) electrons. The van der Waals surface area contributed by atoms with Crippen molar-refractivity contribution in [3.63, 3.8) is 0 Å². The minimum Gasteiger partial charge on any atom is -0.497 e. The quantitative estimate of drug-likeness (QED) is 0.515. The largest absolute Gasteiger partial charge is 0.497 e. The maximum absolute atomic E-state index is 13.8. The fourth-order valence-corrected chi connectivity index (χ4v) is 6.50. The van der Waals surface area contributed by atoms with Gasteiger partial charge in [0.15, 0.2) is 23.4 Å². The van der Waals surface area contributed by atoms with Crippen LogP contribution in [0.25, 0.3) is 0 Å². The van der Waals surface area contributed by atoms with E-state index in [0.29, 0.717) is 18.6 Å². The summed E-state index contributed by atoms with van der Waals surface area (Å²) in [6, 6.07) is 7.08. The smallest absolute Gasteiger partial charge is 0.351 e. The first-order chi connectivity index (χ1) is 16.6. The minimum absolute atomic E-state index is 0.000786. The van der Waals surface area contributed by atoms with Gasteiger partial charge in [-0.05, 0) is 30.5 Å². The van der Waals surface area contributed by atoms with Crippen molar-refractivity contribution in [3.8, 4) is 5.75 Å². The number of ether oxygens (including phenoxy) is 4. The first-order valence-corrected chi connectivity index (χ1v) is 12.0. The van der Waals surface area contributed by atoms with Gasteiger partial charge in [0, 0.05) is 17.3 Å². The number of benzene rings is 1. The molecular weight excluding hydrogens is 452 g/mol. The number of rotatable bonds is 4. The molecule has 8 heteroatoms. The number of cyclic esters (lactones) is 1. The van der Waals surface area contributed by atoms with Crippen molar-refractivity contribution in [2.75, 3.05) is 7.11 Å². The summed E-state index contributed by atoms with van der Waals surface area (Å²) >= 11 is 0. The number of carbonyl (C=O) groups is 3. The third-order valence-electron chi connectivity index (χ3n) is 8.51. The van der Waals surface area contributed by atoms with Crippen LogP contribution >= 0.6 is 0 Å². The lowest BCUT2D eigenvalue weighted by atomic mass is 9.48. The van der Waals surface area contributed by atoms with Gasteiger partial charge in [-0.3, -0.25) is 9.59 Å². The highest BCUT2D eigenvalue weighted by atomic mass is 16.6. The maximum Gasteiger partial charge on any atom is 0.351 e. The zero-order valence-electron chi connectivity index (χ0n) is 20.2. The summed E-state index contributed by atoms with van der Waals surface area (Å²) in [6.07, 6.45) is 0.605. The van der Waals surface area contributed by atoms with Crippen molar-refractivity contribution in [2.24, 2.45) is 17.3 Å². The Labute approximate surface area is 203 Å². The SMILES string of the molecule is C=C1OC(=O)C2=C1O[C@@H]1[C@@H](OC(=O)Cc3ccc(OC)cc3)[C@]3(O)CCCC[C@H]3[C@](C)(C2=O)[C@@H]1C. The van der Waals surface area contributed by atoms with Crippen LogP contribution in [0.4, 0.5) is 0 Å². The summed E-state index contributed by atoms with van der Waals surface area (Å²) in [7, 11) is 1.57. The minimum atomic E-state index is -1.47. The van der Waals surface area contributed by atoms with Gasteiger partial charge in [-0.15, -0.1) is 0 Å². The van der Waals surface area contributed by atoms with Crippen molar-refractivity contribution in [1.29, 1.82) is 0 Å². The Balaban J connectivity index is 1.53. The molecule has 6 atom stereocenters. The van der Waals surface area contributed by atoms with Crippen molar-refractivity contribution in [1.82, 2.24) is 0 Å². The Morgan fingerprint density at radius 3 is 2.63 bits per heavy atom. The molecular formula is C27H30O8. The molecule has 1 aromatic carbocycles. The van der Waals surface area contributed by atoms with Crippen molar-refractivity contribution in [3.05, 3.63) is 53.5 Å². The molecule has 0 amide bonds. The van der Waals surface area contributed by atoms with Gasteiger partial charge in [-0.1, -0.05) is 45.4 Å².